The van der Waals surface area contributed by atoms with Crippen LogP contribution in [-0.4, -0.2) is 43.7 Å². The van der Waals surface area contributed by atoms with Crippen molar-refractivity contribution in [1.29, 1.82) is 0 Å². The molecule has 0 aliphatic rings. The first-order valence-electron chi connectivity index (χ1n) is 10.3. The minimum absolute atomic E-state index is 0.0204. The van der Waals surface area contributed by atoms with Crippen LogP contribution in [0.4, 0.5) is 0 Å². The summed E-state index contributed by atoms with van der Waals surface area (Å²) in [5.41, 5.74) is 1.47. The first kappa shape index (κ1) is 24.4. The van der Waals surface area contributed by atoms with Crippen LogP contribution < -0.4 is 5.32 Å². The average Bonchev–Trinajstić information content (AvgIpc) is 3.07. The van der Waals surface area contributed by atoms with Crippen molar-refractivity contribution in [2.24, 2.45) is 0 Å². The highest BCUT2D eigenvalue weighted by Crippen LogP contribution is 2.21. The summed E-state index contributed by atoms with van der Waals surface area (Å²) in [6.45, 7) is 4.29. The summed E-state index contributed by atoms with van der Waals surface area (Å²) in [4.78, 5) is 39.3. The second kappa shape index (κ2) is 11.5. The molecule has 0 aliphatic carbocycles. The molecular formula is C22H28ClN3O5. The van der Waals surface area contributed by atoms with E-state index in [9.17, 15) is 24.6 Å². The molecule has 3 N–H and O–H groups in total. The molecule has 0 unspecified atom stereocenters. The maximum atomic E-state index is 11.9. The van der Waals surface area contributed by atoms with Crippen molar-refractivity contribution in [2.45, 2.75) is 65.0 Å². The first-order chi connectivity index (χ1) is 14.8. The molecule has 2 aromatic rings. The van der Waals surface area contributed by atoms with Gasteiger partial charge in [0.05, 0.1) is 10.6 Å². The number of carbonyl (C=O) groups is 3. The van der Waals surface area contributed by atoms with Crippen LogP contribution in [0.5, 0.6) is 0 Å². The molecule has 0 spiro atoms. The smallest absolute Gasteiger partial charge is 0.337 e. The monoisotopic (exact) mass is 449 g/mol. The van der Waals surface area contributed by atoms with Crippen LogP contribution in [0.2, 0.25) is 5.02 Å². The number of aromatic carboxylic acids is 1. The maximum Gasteiger partial charge on any atom is 0.337 e. The second-order valence-corrected chi connectivity index (χ2v) is 7.79. The van der Waals surface area contributed by atoms with E-state index in [1.165, 1.54) is 6.07 Å². The molecule has 2 rings (SSSR count). The third-order valence-electron chi connectivity index (χ3n) is 4.90. The van der Waals surface area contributed by atoms with Gasteiger partial charge < -0.3 is 20.1 Å². The van der Waals surface area contributed by atoms with Gasteiger partial charge in [-0.1, -0.05) is 37.9 Å². The second-order valence-electron chi connectivity index (χ2n) is 7.39. The Kier molecular flexibility index (Phi) is 9.05. The molecule has 1 amide bonds. The summed E-state index contributed by atoms with van der Waals surface area (Å²) in [7, 11) is 0. The Hall–Kier alpha value is -2.87. The predicted molar refractivity (Wildman–Crippen MR) is 117 cm³/mol. The molecule has 8 nitrogen and oxygen atoms in total. The molecule has 1 aromatic carbocycles. The van der Waals surface area contributed by atoms with Crippen LogP contribution in [0.15, 0.2) is 24.4 Å². The fourth-order valence-corrected chi connectivity index (χ4v) is 3.54. The Bertz CT molecular complexity index is 941. The number of rotatable bonds is 12. The number of aromatic nitrogens is 2. The molecule has 1 atom stereocenters. The number of nitrogens with one attached hydrogen (secondary N) is 1. The lowest BCUT2D eigenvalue weighted by molar-refractivity contribution is -0.141. The highest BCUT2D eigenvalue weighted by Gasteiger charge is 2.23. The molecule has 9 heteroatoms. The van der Waals surface area contributed by atoms with Crippen LogP contribution >= 0.6 is 11.6 Å². The summed E-state index contributed by atoms with van der Waals surface area (Å²) in [6.07, 6.45) is 5.24. The average molecular weight is 450 g/mol. The fraction of sp³-hybridized carbons (Fsp3) is 0.455. The van der Waals surface area contributed by atoms with E-state index < -0.39 is 18.0 Å². The van der Waals surface area contributed by atoms with Gasteiger partial charge in [-0.25, -0.2) is 14.6 Å². The van der Waals surface area contributed by atoms with Gasteiger partial charge in [0.2, 0.25) is 5.91 Å². The summed E-state index contributed by atoms with van der Waals surface area (Å²) in [6, 6.07) is 3.66. The number of hydrogen-bond acceptors (Lipinski definition) is 4. The number of carboxylic acid groups (broad SMARTS) is 2. The predicted octanol–water partition coefficient (Wildman–Crippen LogP) is 3.54. The zero-order valence-corrected chi connectivity index (χ0v) is 18.5. The van der Waals surface area contributed by atoms with Crippen LogP contribution in [0, 0.1) is 0 Å². The van der Waals surface area contributed by atoms with Gasteiger partial charge in [-0.3, -0.25) is 4.79 Å². The molecule has 1 heterocycles. The number of carboxylic acids is 2. The summed E-state index contributed by atoms with van der Waals surface area (Å²) >= 11 is 6.11. The zero-order valence-electron chi connectivity index (χ0n) is 17.7. The van der Waals surface area contributed by atoms with E-state index in [2.05, 4.69) is 17.2 Å². The Morgan fingerprint density at radius 3 is 2.52 bits per heavy atom. The van der Waals surface area contributed by atoms with E-state index in [0.29, 0.717) is 18.7 Å². The van der Waals surface area contributed by atoms with Crippen LogP contribution in [0.25, 0.3) is 0 Å². The lowest BCUT2D eigenvalue weighted by atomic mass is 10.1. The molecule has 0 bridgehead atoms. The molecule has 0 fully saturated rings. The first-order valence-corrected chi connectivity index (χ1v) is 10.7. The van der Waals surface area contributed by atoms with Crippen molar-refractivity contribution in [2.75, 3.05) is 0 Å². The number of carbonyl (C=O) groups excluding carboxylic acids is 1. The molecule has 0 aliphatic heterocycles. The Morgan fingerprint density at radius 2 is 1.94 bits per heavy atom. The third-order valence-corrected chi connectivity index (χ3v) is 5.22. The van der Waals surface area contributed by atoms with Crippen LogP contribution in [0.1, 0.15) is 67.0 Å². The SMILES string of the molecule is CCCCc1ncc(C[C@H](NC(=O)CCC)C(=O)O)n1Cc1ccc(C(=O)O)c(Cl)c1. The van der Waals surface area contributed by atoms with E-state index in [-0.39, 0.29) is 29.3 Å². The molecule has 0 saturated heterocycles. The Labute approximate surface area is 186 Å². The van der Waals surface area contributed by atoms with E-state index in [0.717, 1.165) is 30.7 Å². The van der Waals surface area contributed by atoms with Crippen molar-refractivity contribution in [3.63, 3.8) is 0 Å². The van der Waals surface area contributed by atoms with Crippen molar-refractivity contribution in [3.05, 3.63) is 52.1 Å². The Balaban J connectivity index is 2.33. The lowest BCUT2D eigenvalue weighted by Gasteiger charge is -2.17. The van der Waals surface area contributed by atoms with Crippen LogP contribution in [0.3, 0.4) is 0 Å². The van der Waals surface area contributed by atoms with E-state index in [1.54, 1.807) is 18.3 Å². The molecular weight excluding hydrogens is 422 g/mol. The van der Waals surface area contributed by atoms with Gasteiger partial charge in [-0.05, 0) is 30.5 Å². The summed E-state index contributed by atoms with van der Waals surface area (Å²) in [5.74, 6) is -1.71. The standard InChI is InChI=1S/C22H28ClN3O5/c1-3-5-7-19-24-12-15(11-18(22(30)31)25-20(27)6-4-2)26(19)13-14-8-9-16(21(28)29)17(23)10-14/h8-10,12,18H,3-7,11,13H2,1-2H3,(H,25,27)(H,28,29)(H,30,31)/t18-/m0/s1. The van der Waals surface area contributed by atoms with E-state index in [4.69, 9.17) is 11.6 Å². The third kappa shape index (κ3) is 6.82. The highest BCUT2D eigenvalue weighted by atomic mass is 35.5. The van der Waals surface area contributed by atoms with Gasteiger partial charge in [-0.2, -0.15) is 0 Å². The molecule has 1 aromatic heterocycles. The zero-order chi connectivity index (χ0) is 23.0. The maximum absolute atomic E-state index is 11.9. The minimum Gasteiger partial charge on any atom is -0.480 e. The number of amides is 1. The number of halogens is 1. The quantitative estimate of drug-likeness (QED) is 0.455. The molecule has 0 saturated carbocycles. The number of benzene rings is 1. The Morgan fingerprint density at radius 1 is 1.19 bits per heavy atom. The number of aryl methyl sites for hydroxylation is 1. The highest BCUT2D eigenvalue weighted by molar-refractivity contribution is 6.33. The number of nitrogens with zero attached hydrogens (tertiary/aromatic N) is 2. The summed E-state index contributed by atoms with van der Waals surface area (Å²) in [5, 5.41) is 21.5. The fourth-order valence-electron chi connectivity index (χ4n) is 3.26. The van der Waals surface area contributed by atoms with Gasteiger partial charge in [-0.15, -0.1) is 0 Å². The van der Waals surface area contributed by atoms with Gasteiger partial charge in [0, 0.05) is 37.7 Å². The van der Waals surface area contributed by atoms with Gasteiger partial charge in [0.15, 0.2) is 0 Å². The van der Waals surface area contributed by atoms with E-state index >= 15 is 0 Å². The molecule has 31 heavy (non-hydrogen) atoms. The molecule has 0 radical (unpaired) electrons. The summed E-state index contributed by atoms with van der Waals surface area (Å²) < 4.78 is 1.92. The topological polar surface area (TPSA) is 122 Å². The van der Waals surface area contributed by atoms with Crippen molar-refractivity contribution in [3.8, 4) is 0 Å². The van der Waals surface area contributed by atoms with Crippen LogP contribution in [-0.2, 0) is 29.0 Å². The number of hydrogen-bond donors (Lipinski definition) is 3. The van der Waals surface area contributed by atoms with Gasteiger partial charge in [0.1, 0.15) is 11.9 Å². The normalized spacial score (nSPS) is 11.8. The van der Waals surface area contributed by atoms with Crippen molar-refractivity contribution in [1.82, 2.24) is 14.9 Å². The van der Waals surface area contributed by atoms with E-state index in [1.807, 2.05) is 11.5 Å². The van der Waals surface area contributed by atoms with Gasteiger partial charge in [0.25, 0.3) is 0 Å². The number of aliphatic carboxylic acids is 1. The molecule has 168 valence electrons. The van der Waals surface area contributed by atoms with Crippen molar-refractivity contribution < 1.29 is 24.6 Å². The van der Waals surface area contributed by atoms with Crippen molar-refractivity contribution >= 4 is 29.4 Å². The number of unbranched alkanes of at least 4 members (excludes halogenated alkanes) is 1. The number of imidazole rings is 1. The minimum atomic E-state index is -1.11. The largest absolute Gasteiger partial charge is 0.480 e. The lowest BCUT2D eigenvalue weighted by Crippen LogP contribution is -2.42. The van der Waals surface area contributed by atoms with Gasteiger partial charge >= 0.3 is 11.9 Å².